The lowest BCUT2D eigenvalue weighted by Crippen LogP contribution is -2.33. The number of amides is 2. The molecule has 15 rings (SSSR count). The topological polar surface area (TPSA) is 71.3 Å². The van der Waals surface area contributed by atoms with Crippen molar-refractivity contribution in [2.75, 3.05) is 5.32 Å². The summed E-state index contributed by atoms with van der Waals surface area (Å²) in [6.45, 7) is 2.02. The second-order valence-electron chi connectivity index (χ2n) is 20.3. The van der Waals surface area contributed by atoms with Crippen molar-refractivity contribution in [3.8, 4) is 44.5 Å². The van der Waals surface area contributed by atoms with E-state index >= 15 is 0 Å². The van der Waals surface area contributed by atoms with E-state index in [1.165, 1.54) is 55.6 Å². The van der Waals surface area contributed by atoms with Crippen LogP contribution in [0, 0.1) is 6.92 Å². The highest BCUT2D eigenvalue weighted by Gasteiger charge is 2.48. The Morgan fingerprint density at radius 3 is 1.34 bits per heavy atom. The van der Waals surface area contributed by atoms with E-state index in [-0.39, 0.29) is 0 Å². The van der Waals surface area contributed by atoms with Crippen molar-refractivity contribution in [1.82, 2.24) is 5.32 Å². The van der Waals surface area contributed by atoms with Crippen LogP contribution in [-0.4, -0.2) is 11.8 Å². The number of nitrogens with one attached hydrogen (secondary N) is 2. The number of imide groups is 1. The number of rotatable bonds is 6. The molecule has 5 heteroatoms. The fourth-order valence-electron chi connectivity index (χ4n) is 13.4. The molecule has 0 spiro atoms. The van der Waals surface area contributed by atoms with E-state index in [0.29, 0.717) is 33.7 Å². The zero-order valence-electron chi connectivity index (χ0n) is 41.4. The second-order valence-corrected chi connectivity index (χ2v) is 20.3. The first-order valence-corrected chi connectivity index (χ1v) is 25.9. The molecule has 0 fully saturated rings. The zero-order valence-corrected chi connectivity index (χ0v) is 41.4. The van der Waals surface area contributed by atoms with E-state index in [0.717, 1.165) is 49.7 Å². The number of aryl methyl sites for hydroxylation is 1. The third-order valence-electron chi connectivity index (χ3n) is 16.5. The Labute approximate surface area is 439 Å². The molecule has 0 bridgehead atoms. The second kappa shape index (κ2) is 16.6. The van der Waals surface area contributed by atoms with Crippen LogP contribution in [-0.2, 0) is 10.8 Å². The van der Waals surface area contributed by atoms with E-state index in [4.69, 9.17) is 4.42 Å². The van der Waals surface area contributed by atoms with Crippen LogP contribution in [0.3, 0.4) is 0 Å². The Balaban J connectivity index is 0.870. The highest BCUT2D eigenvalue weighted by atomic mass is 16.3. The summed E-state index contributed by atoms with van der Waals surface area (Å²) in [5.74, 6) is -0.984. The first-order valence-electron chi connectivity index (χ1n) is 25.9. The number of carbonyl (C=O) groups excluding carboxylic acids is 2. The van der Waals surface area contributed by atoms with Crippen LogP contribution in [0.5, 0.6) is 0 Å². The highest BCUT2D eigenvalue weighted by Crippen LogP contribution is 2.60. The van der Waals surface area contributed by atoms with E-state index in [1.807, 2.05) is 25.1 Å². The molecule has 0 unspecified atom stereocenters. The molecule has 358 valence electrons. The molecule has 0 radical (unpaired) electrons. The number of hydrogen-bond acceptors (Lipinski definition) is 4. The maximum atomic E-state index is 14.5. The van der Waals surface area contributed by atoms with Crippen molar-refractivity contribution in [3.63, 3.8) is 0 Å². The van der Waals surface area contributed by atoms with Crippen LogP contribution in [0.15, 0.2) is 253 Å². The molecule has 1 aromatic heterocycles. The summed E-state index contributed by atoms with van der Waals surface area (Å²) in [5.41, 5.74) is 21.1. The molecule has 1 aliphatic heterocycles. The van der Waals surface area contributed by atoms with Gasteiger partial charge in [0.05, 0.1) is 33.3 Å². The van der Waals surface area contributed by atoms with Crippen molar-refractivity contribution in [2.24, 2.45) is 0 Å². The van der Waals surface area contributed by atoms with Gasteiger partial charge in [0.15, 0.2) is 5.58 Å². The van der Waals surface area contributed by atoms with Gasteiger partial charge in [0.1, 0.15) is 5.58 Å². The summed E-state index contributed by atoms with van der Waals surface area (Å²) in [4.78, 5) is 28.8. The Morgan fingerprint density at radius 1 is 0.342 bits per heavy atom. The van der Waals surface area contributed by atoms with E-state index in [9.17, 15) is 9.59 Å². The van der Waals surface area contributed by atoms with E-state index < -0.39 is 22.6 Å². The summed E-state index contributed by atoms with van der Waals surface area (Å²) >= 11 is 0. The maximum absolute atomic E-state index is 14.5. The summed E-state index contributed by atoms with van der Waals surface area (Å²) in [6.07, 6.45) is 0. The van der Waals surface area contributed by atoms with Crippen LogP contribution in [0.4, 0.5) is 11.4 Å². The predicted molar refractivity (Wildman–Crippen MR) is 305 cm³/mol. The minimum Gasteiger partial charge on any atom is -0.454 e. The number of hydrogen-bond donors (Lipinski definition) is 2. The first-order chi connectivity index (χ1) is 37.4. The van der Waals surface area contributed by atoms with E-state index in [2.05, 4.69) is 235 Å². The molecule has 76 heavy (non-hydrogen) atoms. The van der Waals surface area contributed by atoms with Gasteiger partial charge in [0.2, 0.25) is 0 Å². The fourth-order valence-corrected chi connectivity index (χ4v) is 13.4. The molecule has 0 saturated carbocycles. The third kappa shape index (κ3) is 6.02. The van der Waals surface area contributed by atoms with Crippen LogP contribution in [0.25, 0.3) is 66.4 Å². The molecule has 2 aliphatic carbocycles. The summed E-state index contributed by atoms with van der Waals surface area (Å²) < 4.78 is 6.81. The van der Waals surface area contributed by atoms with Gasteiger partial charge in [0.25, 0.3) is 11.8 Å². The molecule has 2 heterocycles. The van der Waals surface area contributed by atoms with Crippen molar-refractivity contribution >= 4 is 45.1 Å². The van der Waals surface area contributed by atoms with Gasteiger partial charge in [-0.1, -0.05) is 212 Å². The van der Waals surface area contributed by atoms with Gasteiger partial charge in [-0.3, -0.25) is 14.9 Å². The fraction of sp³-hybridized carbons (Fsp3) is 0.0423. The molecular formula is C71H46N2O3. The van der Waals surface area contributed by atoms with Crippen LogP contribution >= 0.6 is 0 Å². The number of fused-ring (bicyclic) bond motifs is 12. The molecule has 2 N–H and O–H groups in total. The smallest absolute Gasteiger partial charge is 0.260 e. The summed E-state index contributed by atoms with van der Waals surface area (Å²) in [5, 5.41) is 8.17. The molecule has 0 atom stereocenters. The number of benzene rings is 11. The molecule has 2 amide bonds. The van der Waals surface area contributed by atoms with E-state index in [1.54, 1.807) is 6.07 Å². The number of carbonyl (C=O) groups is 2. The lowest BCUT2D eigenvalue weighted by Gasteiger charge is -2.34. The molecule has 12 aromatic rings. The highest BCUT2D eigenvalue weighted by molar-refractivity contribution is 6.21. The van der Waals surface area contributed by atoms with Crippen molar-refractivity contribution in [1.29, 1.82) is 0 Å². The quantitative estimate of drug-likeness (QED) is 0.163. The summed E-state index contributed by atoms with van der Waals surface area (Å²) in [7, 11) is 0. The third-order valence-corrected chi connectivity index (χ3v) is 16.5. The van der Waals surface area contributed by atoms with Crippen molar-refractivity contribution < 1.29 is 14.0 Å². The van der Waals surface area contributed by atoms with Crippen LogP contribution < -0.4 is 10.6 Å². The minimum atomic E-state index is -0.583. The van der Waals surface area contributed by atoms with Crippen molar-refractivity contribution in [2.45, 2.75) is 17.8 Å². The standard InChI is InChI=1S/C71H46N2O3/c1-43-40-45(51-31-19-35-61-64(51)54-29-15-17-33-59(54)71(61,48-24-10-4-11-25-48)49-26-12-5-13-27-49)42-57-65(43)72-66-55(68(74)73-69(57)75)38-37-52-56-41-44(36-39-62(56)76-67(52)66)50-30-18-34-60-63(50)53-28-14-16-32-58(53)70(60,46-20-6-2-7-21-46)47-22-8-3-9-23-47/h2-42,72H,1H3,(H,73,74,75). The predicted octanol–water partition coefficient (Wildman–Crippen LogP) is 16.6. The number of furan rings is 1. The normalized spacial score (nSPS) is 14.3. The van der Waals surface area contributed by atoms with Crippen molar-refractivity contribution in [3.05, 3.63) is 310 Å². The van der Waals surface area contributed by atoms with Gasteiger partial charge in [-0.2, -0.15) is 0 Å². The lowest BCUT2D eigenvalue weighted by atomic mass is 9.67. The molecule has 5 nitrogen and oxygen atoms in total. The average molecular weight is 975 g/mol. The van der Waals surface area contributed by atoms with Gasteiger partial charge >= 0.3 is 0 Å². The monoisotopic (exact) mass is 974 g/mol. The molecule has 11 aromatic carbocycles. The van der Waals surface area contributed by atoms with Crippen LogP contribution in [0.2, 0.25) is 0 Å². The Bertz CT molecular complexity index is 4310. The van der Waals surface area contributed by atoms with Gasteiger partial charge in [0, 0.05) is 10.8 Å². The summed E-state index contributed by atoms with van der Waals surface area (Å²) in [6, 6.07) is 88.1. The average Bonchev–Trinajstić information content (AvgIpc) is 4.11. The largest absolute Gasteiger partial charge is 0.454 e. The van der Waals surface area contributed by atoms with Gasteiger partial charge in [-0.15, -0.1) is 0 Å². The molecular weight excluding hydrogens is 929 g/mol. The lowest BCUT2D eigenvalue weighted by molar-refractivity contribution is 0.0849. The Morgan fingerprint density at radius 2 is 0.803 bits per heavy atom. The molecule has 3 aliphatic rings. The first kappa shape index (κ1) is 43.7. The minimum absolute atomic E-state index is 0.320. The van der Waals surface area contributed by atoms with Gasteiger partial charge < -0.3 is 9.73 Å². The molecule has 0 saturated heterocycles. The van der Waals surface area contributed by atoms with Gasteiger partial charge in [-0.05, 0) is 138 Å². The maximum Gasteiger partial charge on any atom is 0.260 e. The number of anilines is 2. The Hall–Kier alpha value is -9.84. The van der Waals surface area contributed by atoms with Crippen LogP contribution in [0.1, 0.15) is 70.8 Å². The van der Waals surface area contributed by atoms with Gasteiger partial charge in [-0.25, -0.2) is 0 Å². The zero-order chi connectivity index (χ0) is 50.7. The Kier molecular flexibility index (Phi) is 9.54. The SMILES string of the molecule is Cc1cc(-c2cccc3c2-c2ccccc2C3(c2ccccc2)c2ccccc2)cc2c1Nc1c(ccc3c1oc1ccc(-c4cccc5c4-c4ccccc4C5(c4ccccc4)c4ccccc4)cc13)C(=O)NC2=O.